The Hall–Kier alpha value is -2.84. The molecule has 0 radical (unpaired) electrons. The quantitative estimate of drug-likeness (QED) is 0.732. The normalized spacial score (nSPS) is 11.3. The van der Waals surface area contributed by atoms with Crippen molar-refractivity contribution in [1.29, 1.82) is 5.26 Å². The summed E-state index contributed by atoms with van der Waals surface area (Å²) < 4.78 is 0. The standard InChI is InChI=1S/C19H21N3O2/c20-12-15-5-4-6-16(11-15)13-21-19(24)22-14-18(9-10-23)17-7-2-1-3-8-17/h1-8,11,18,23H,9-10,13-14H2,(H2,21,22,24). The number of rotatable bonds is 7. The lowest BCUT2D eigenvalue weighted by Gasteiger charge is -2.17. The predicted molar refractivity (Wildman–Crippen MR) is 92.3 cm³/mol. The summed E-state index contributed by atoms with van der Waals surface area (Å²) in [5.74, 6) is 0.0730. The van der Waals surface area contributed by atoms with E-state index >= 15 is 0 Å². The van der Waals surface area contributed by atoms with Crippen molar-refractivity contribution in [2.75, 3.05) is 13.2 Å². The van der Waals surface area contributed by atoms with Crippen molar-refractivity contribution in [2.24, 2.45) is 0 Å². The van der Waals surface area contributed by atoms with Crippen LogP contribution < -0.4 is 10.6 Å². The molecule has 0 heterocycles. The molecule has 124 valence electrons. The lowest BCUT2D eigenvalue weighted by Crippen LogP contribution is -2.37. The summed E-state index contributed by atoms with van der Waals surface area (Å²) in [7, 11) is 0. The third-order valence-electron chi connectivity index (χ3n) is 3.77. The van der Waals surface area contributed by atoms with Gasteiger partial charge in [-0.1, -0.05) is 42.5 Å². The van der Waals surface area contributed by atoms with Gasteiger partial charge in [-0.3, -0.25) is 0 Å². The Morgan fingerprint density at radius 3 is 2.62 bits per heavy atom. The Labute approximate surface area is 141 Å². The number of carbonyl (C=O) groups excluding carboxylic acids is 1. The molecule has 1 unspecified atom stereocenters. The lowest BCUT2D eigenvalue weighted by molar-refractivity contribution is 0.237. The van der Waals surface area contributed by atoms with Gasteiger partial charge in [0.2, 0.25) is 0 Å². The first kappa shape index (κ1) is 17.5. The second-order valence-corrected chi connectivity index (χ2v) is 5.50. The van der Waals surface area contributed by atoms with Crippen LogP contribution in [0.2, 0.25) is 0 Å². The fraction of sp³-hybridized carbons (Fsp3) is 0.263. The molecule has 5 nitrogen and oxygen atoms in total. The van der Waals surface area contributed by atoms with Gasteiger partial charge >= 0.3 is 6.03 Å². The van der Waals surface area contributed by atoms with Crippen LogP contribution in [0, 0.1) is 11.3 Å². The number of hydrogen-bond acceptors (Lipinski definition) is 3. The van der Waals surface area contributed by atoms with E-state index in [4.69, 9.17) is 5.26 Å². The van der Waals surface area contributed by atoms with Crippen LogP contribution in [-0.2, 0) is 6.54 Å². The molecule has 0 aromatic heterocycles. The number of nitrogens with zero attached hydrogens (tertiary/aromatic N) is 1. The van der Waals surface area contributed by atoms with E-state index in [2.05, 4.69) is 16.7 Å². The number of nitriles is 1. The number of carbonyl (C=O) groups is 1. The summed E-state index contributed by atoms with van der Waals surface area (Å²) in [6, 6.07) is 18.8. The van der Waals surface area contributed by atoms with Gasteiger partial charge in [0, 0.05) is 25.6 Å². The highest BCUT2D eigenvalue weighted by atomic mass is 16.3. The summed E-state index contributed by atoms with van der Waals surface area (Å²) >= 11 is 0. The minimum Gasteiger partial charge on any atom is -0.396 e. The molecule has 0 saturated carbocycles. The van der Waals surface area contributed by atoms with E-state index < -0.39 is 0 Å². The fourth-order valence-electron chi connectivity index (χ4n) is 2.48. The van der Waals surface area contributed by atoms with E-state index in [-0.39, 0.29) is 18.6 Å². The molecule has 0 aliphatic heterocycles. The third kappa shape index (κ3) is 5.41. The molecule has 2 aromatic rings. The van der Waals surface area contributed by atoms with Gasteiger partial charge in [0.25, 0.3) is 0 Å². The molecule has 2 amide bonds. The monoisotopic (exact) mass is 323 g/mol. The highest BCUT2D eigenvalue weighted by Crippen LogP contribution is 2.18. The molecule has 2 aromatic carbocycles. The summed E-state index contributed by atoms with van der Waals surface area (Å²) in [6.07, 6.45) is 0.592. The number of urea groups is 1. The molecule has 2 rings (SSSR count). The Bertz CT molecular complexity index is 695. The van der Waals surface area contributed by atoms with Gasteiger partial charge in [-0.15, -0.1) is 0 Å². The second kappa shape index (κ2) is 9.33. The van der Waals surface area contributed by atoms with Crippen molar-refractivity contribution in [3.63, 3.8) is 0 Å². The summed E-state index contributed by atoms with van der Waals surface area (Å²) in [5, 5.41) is 23.7. The largest absolute Gasteiger partial charge is 0.396 e. The summed E-state index contributed by atoms with van der Waals surface area (Å²) in [4.78, 5) is 12.0. The Morgan fingerprint density at radius 2 is 1.92 bits per heavy atom. The van der Waals surface area contributed by atoms with Gasteiger partial charge in [-0.25, -0.2) is 4.79 Å². The van der Waals surface area contributed by atoms with E-state index in [0.29, 0.717) is 25.1 Å². The van der Waals surface area contributed by atoms with Gasteiger partial charge in [-0.2, -0.15) is 5.26 Å². The van der Waals surface area contributed by atoms with Crippen LogP contribution in [0.1, 0.15) is 29.0 Å². The average Bonchev–Trinajstić information content (AvgIpc) is 2.64. The molecule has 0 aliphatic carbocycles. The highest BCUT2D eigenvalue weighted by Gasteiger charge is 2.12. The zero-order valence-electron chi connectivity index (χ0n) is 13.4. The molecule has 5 heteroatoms. The topological polar surface area (TPSA) is 85.2 Å². The summed E-state index contributed by atoms with van der Waals surface area (Å²) in [5.41, 5.74) is 2.54. The van der Waals surface area contributed by atoms with Crippen molar-refractivity contribution in [3.8, 4) is 6.07 Å². The van der Waals surface area contributed by atoms with Crippen molar-refractivity contribution in [3.05, 3.63) is 71.3 Å². The van der Waals surface area contributed by atoms with Gasteiger partial charge in [0.05, 0.1) is 11.6 Å². The first-order chi connectivity index (χ1) is 11.7. The van der Waals surface area contributed by atoms with E-state index in [9.17, 15) is 9.90 Å². The molecule has 24 heavy (non-hydrogen) atoms. The van der Waals surface area contributed by atoms with E-state index in [1.165, 1.54) is 0 Å². The zero-order chi connectivity index (χ0) is 17.2. The molecule has 3 N–H and O–H groups in total. The van der Waals surface area contributed by atoms with Crippen LogP contribution >= 0.6 is 0 Å². The van der Waals surface area contributed by atoms with Gasteiger partial charge in [-0.05, 0) is 29.7 Å². The number of hydrogen-bond donors (Lipinski definition) is 3. The molecule has 0 saturated heterocycles. The Balaban J connectivity index is 1.84. The highest BCUT2D eigenvalue weighted by molar-refractivity contribution is 5.73. The van der Waals surface area contributed by atoms with Crippen LogP contribution in [0.4, 0.5) is 4.79 Å². The van der Waals surface area contributed by atoms with Crippen molar-refractivity contribution < 1.29 is 9.90 Å². The number of benzene rings is 2. The maximum absolute atomic E-state index is 12.0. The molecular formula is C19H21N3O2. The second-order valence-electron chi connectivity index (χ2n) is 5.50. The van der Waals surface area contributed by atoms with Gasteiger partial charge in [0.1, 0.15) is 0 Å². The lowest BCUT2D eigenvalue weighted by atomic mass is 9.96. The van der Waals surface area contributed by atoms with Crippen molar-refractivity contribution >= 4 is 6.03 Å². The molecule has 0 spiro atoms. The molecular weight excluding hydrogens is 302 g/mol. The van der Waals surface area contributed by atoms with Crippen LogP contribution in [0.3, 0.4) is 0 Å². The number of amides is 2. The maximum atomic E-state index is 12.0. The smallest absolute Gasteiger partial charge is 0.315 e. The minimum absolute atomic E-state index is 0.0730. The number of aliphatic hydroxyl groups is 1. The SMILES string of the molecule is N#Cc1cccc(CNC(=O)NCC(CCO)c2ccccc2)c1. The first-order valence-corrected chi connectivity index (χ1v) is 7.89. The first-order valence-electron chi connectivity index (χ1n) is 7.89. The predicted octanol–water partition coefficient (Wildman–Crippen LogP) is 2.52. The van der Waals surface area contributed by atoms with E-state index in [0.717, 1.165) is 11.1 Å². The Morgan fingerprint density at radius 1 is 1.12 bits per heavy atom. The van der Waals surface area contributed by atoms with Gasteiger partial charge < -0.3 is 15.7 Å². The molecule has 0 fully saturated rings. The minimum atomic E-state index is -0.267. The maximum Gasteiger partial charge on any atom is 0.315 e. The van der Waals surface area contributed by atoms with Crippen molar-refractivity contribution in [2.45, 2.75) is 18.9 Å². The van der Waals surface area contributed by atoms with E-state index in [1.807, 2.05) is 36.4 Å². The molecule has 0 aliphatic rings. The van der Waals surface area contributed by atoms with E-state index in [1.54, 1.807) is 18.2 Å². The number of aliphatic hydroxyl groups excluding tert-OH is 1. The Kier molecular flexibility index (Phi) is 6.81. The molecule has 0 bridgehead atoms. The van der Waals surface area contributed by atoms with Crippen LogP contribution in [0.15, 0.2) is 54.6 Å². The average molecular weight is 323 g/mol. The summed E-state index contributed by atoms with van der Waals surface area (Å²) in [6.45, 7) is 0.885. The number of nitrogens with one attached hydrogen (secondary N) is 2. The fourth-order valence-corrected chi connectivity index (χ4v) is 2.48. The third-order valence-corrected chi connectivity index (χ3v) is 3.77. The zero-order valence-corrected chi connectivity index (χ0v) is 13.4. The molecule has 1 atom stereocenters. The van der Waals surface area contributed by atoms with Gasteiger partial charge in [0.15, 0.2) is 0 Å². The van der Waals surface area contributed by atoms with Crippen LogP contribution in [0.25, 0.3) is 0 Å². The van der Waals surface area contributed by atoms with Crippen LogP contribution in [-0.4, -0.2) is 24.3 Å². The van der Waals surface area contributed by atoms with Crippen LogP contribution in [0.5, 0.6) is 0 Å². The van der Waals surface area contributed by atoms with Crippen molar-refractivity contribution in [1.82, 2.24) is 10.6 Å².